The lowest BCUT2D eigenvalue weighted by molar-refractivity contribution is -0.253. The SMILES string of the molecule is CCn1nnc(NC(=O)c2ccccc2OC(F)(F)C(F)F)n1. The van der Waals surface area contributed by atoms with E-state index in [9.17, 15) is 22.4 Å². The number of aromatic nitrogens is 4. The lowest BCUT2D eigenvalue weighted by Crippen LogP contribution is -2.34. The highest BCUT2D eigenvalue weighted by atomic mass is 19.3. The molecule has 0 fully saturated rings. The summed E-state index contributed by atoms with van der Waals surface area (Å²) in [6.07, 6.45) is -8.76. The summed E-state index contributed by atoms with van der Waals surface area (Å²) in [6, 6.07) is 4.73. The van der Waals surface area contributed by atoms with Crippen LogP contribution in [0.2, 0.25) is 0 Å². The molecule has 0 saturated heterocycles. The van der Waals surface area contributed by atoms with Gasteiger partial charge in [-0.2, -0.15) is 22.4 Å². The number of amides is 1. The molecule has 7 nitrogen and oxygen atoms in total. The zero-order valence-electron chi connectivity index (χ0n) is 11.7. The smallest absolute Gasteiger partial charge is 0.427 e. The van der Waals surface area contributed by atoms with Gasteiger partial charge in [0.2, 0.25) is 0 Å². The normalized spacial score (nSPS) is 11.6. The van der Waals surface area contributed by atoms with E-state index in [-0.39, 0.29) is 11.5 Å². The monoisotopic (exact) mass is 333 g/mol. The summed E-state index contributed by atoms with van der Waals surface area (Å²) in [6.45, 7) is 2.14. The van der Waals surface area contributed by atoms with Gasteiger partial charge in [0.15, 0.2) is 0 Å². The van der Waals surface area contributed by atoms with Gasteiger partial charge >= 0.3 is 12.5 Å². The van der Waals surface area contributed by atoms with Gasteiger partial charge in [-0.05, 0) is 24.3 Å². The van der Waals surface area contributed by atoms with Gasteiger partial charge in [0.05, 0.1) is 12.1 Å². The number of halogens is 4. The molecule has 1 aromatic carbocycles. The predicted octanol–water partition coefficient (Wildman–Crippen LogP) is 2.18. The summed E-state index contributed by atoms with van der Waals surface area (Å²) in [5.41, 5.74) is -0.374. The minimum Gasteiger partial charge on any atom is -0.427 e. The molecule has 1 aromatic heterocycles. The van der Waals surface area contributed by atoms with Crippen LogP contribution in [0.25, 0.3) is 0 Å². The van der Waals surface area contributed by atoms with Crippen LogP contribution in [-0.2, 0) is 6.54 Å². The first kappa shape index (κ1) is 16.6. The van der Waals surface area contributed by atoms with Crippen LogP contribution in [0.3, 0.4) is 0 Å². The average Bonchev–Trinajstić information content (AvgIpc) is 2.94. The quantitative estimate of drug-likeness (QED) is 0.820. The van der Waals surface area contributed by atoms with E-state index >= 15 is 0 Å². The Bertz CT molecular complexity index is 692. The second-order valence-electron chi connectivity index (χ2n) is 4.22. The number of nitrogens with one attached hydrogen (secondary N) is 1. The lowest BCUT2D eigenvalue weighted by atomic mass is 10.2. The van der Waals surface area contributed by atoms with E-state index in [2.05, 4.69) is 25.5 Å². The van der Waals surface area contributed by atoms with Gasteiger partial charge in [0, 0.05) is 0 Å². The number of alkyl halides is 4. The van der Waals surface area contributed by atoms with Crippen molar-refractivity contribution in [3.05, 3.63) is 29.8 Å². The minimum absolute atomic E-state index is 0.160. The molecule has 2 rings (SSSR count). The second kappa shape index (κ2) is 6.58. The first-order chi connectivity index (χ1) is 10.8. The molecule has 0 radical (unpaired) electrons. The van der Waals surface area contributed by atoms with Gasteiger partial charge in [-0.25, -0.2) is 0 Å². The molecule has 1 heterocycles. The third-order valence-corrected chi connectivity index (χ3v) is 2.59. The molecule has 0 aliphatic rings. The van der Waals surface area contributed by atoms with Gasteiger partial charge in [0.1, 0.15) is 5.75 Å². The summed E-state index contributed by atoms with van der Waals surface area (Å²) in [5.74, 6) is -1.76. The molecule has 23 heavy (non-hydrogen) atoms. The van der Waals surface area contributed by atoms with Gasteiger partial charge in [0.25, 0.3) is 11.9 Å². The molecular formula is C12H11F4N5O2. The van der Waals surface area contributed by atoms with Crippen LogP contribution in [0, 0.1) is 0 Å². The number of para-hydroxylation sites is 1. The van der Waals surface area contributed by atoms with Crippen LogP contribution < -0.4 is 10.1 Å². The number of anilines is 1. The molecule has 0 aliphatic carbocycles. The highest BCUT2D eigenvalue weighted by molar-refractivity contribution is 6.05. The number of rotatable bonds is 6. The van der Waals surface area contributed by atoms with E-state index in [0.717, 1.165) is 12.1 Å². The third-order valence-electron chi connectivity index (χ3n) is 2.59. The molecular weight excluding hydrogens is 322 g/mol. The van der Waals surface area contributed by atoms with Crippen molar-refractivity contribution < 1.29 is 27.1 Å². The van der Waals surface area contributed by atoms with Gasteiger partial charge in [-0.1, -0.05) is 17.2 Å². The van der Waals surface area contributed by atoms with Crippen LogP contribution >= 0.6 is 0 Å². The topological polar surface area (TPSA) is 81.9 Å². The number of aryl methyl sites for hydroxylation is 1. The Hall–Kier alpha value is -2.72. The molecule has 11 heteroatoms. The Morgan fingerprint density at radius 2 is 2.09 bits per heavy atom. The summed E-state index contributed by atoms with van der Waals surface area (Å²) in [7, 11) is 0. The maximum absolute atomic E-state index is 13.0. The number of carbonyl (C=O) groups excluding carboxylic acids is 1. The van der Waals surface area contributed by atoms with Crippen LogP contribution in [0.4, 0.5) is 23.5 Å². The fourth-order valence-corrected chi connectivity index (χ4v) is 1.53. The molecule has 0 spiro atoms. The van der Waals surface area contributed by atoms with Crippen molar-refractivity contribution in [1.82, 2.24) is 20.2 Å². The van der Waals surface area contributed by atoms with Crippen LogP contribution in [0.1, 0.15) is 17.3 Å². The average molecular weight is 333 g/mol. The van der Waals surface area contributed by atoms with E-state index in [4.69, 9.17) is 0 Å². The van der Waals surface area contributed by atoms with E-state index in [1.807, 2.05) is 0 Å². The first-order valence-electron chi connectivity index (χ1n) is 6.36. The number of hydrogen-bond acceptors (Lipinski definition) is 5. The Labute approximate surface area is 127 Å². The Morgan fingerprint density at radius 3 is 2.70 bits per heavy atom. The molecule has 2 aromatic rings. The lowest BCUT2D eigenvalue weighted by Gasteiger charge is -2.18. The molecule has 1 N–H and O–H groups in total. The summed E-state index contributed by atoms with van der Waals surface area (Å²) in [4.78, 5) is 13.2. The van der Waals surface area contributed by atoms with Crippen molar-refractivity contribution in [1.29, 1.82) is 0 Å². The number of nitrogens with zero attached hydrogens (tertiary/aromatic N) is 4. The fourth-order valence-electron chi connectivity index (χ4n) is 1.53. The summed E-state index contributed by atoms with van der Waals surface area (Å²) in [5, 5.41) is 13.1. The molecule has 0 saturated carbocycles. The second-order valence-corrected chi connectivity index (χ2v) is 4.22. The molecule has 0 bridgehead atoms. The van der Waals surface area contributed by atoms with Gasteiger partial charge < -0.3 is 4.74 Å². The standard InChI is InChI=1S/C12H11F4N5O2/c1-2-21-19-11(18-20-21)17-9(22)7-5-3-4-6-8(7)23-12(15,16)10(13)14/h3-6,10H,2H2,1H3,(H,17,19,22). The largest absolute Gasteiger partial charge is 0.461 e. The van der Waals surface area contributed by atoms with Crippen molar-refractivity contribution in [3.63, 3.8) is 0 Å². The van der Waals surface area contributed by atoms with Crippen molar-refractivity contribution in [2.75, 3.05) is 5.32 Å². The van der Waals surface area contributed by atoms with Crippen molar-refractivity contribution >= 4 is 11.9 Å². The van der Waals surface area contributed by atoms with Crippen molar-refractivity contribution in [3.8, 4) is 5.75 Å². The number of hydrogen-bond donors (Lipinski definition) is 1. The molecule has 0 aliphatic heterocycles. The van der Waals surface area contributed by atoms with Gasteiger partial charge in [-0.3, -0.25) is 10.1 Å². The minimum atomic E-state index is -4.72. The van der Waals surface area contributed by atoms with Crippen molar-refractivity contribution in [2.45, 2.75) is 26.0 Å². The molecule has 0 unspecified atom stereocenters. The van der Waals surface area contributed by atoms with Gasteiger partial charge in [-0.15, -0.1) is 5.10 Å². The number of tetrazole rings is 1. The van der Waals surface area contributed by atoms with E-state index in [1.165, 1.54) is 16.9 Å². The highest BCUT2D eigenvalue weighted by Crippen LogP contribution is 2.30. The summed E-state index contributed by atoms with van der Waals surface area (Å²) >= 11 is 0. The molecule has 1 amide bonds. The third kappa shape index (κ3) is 3.93. The number of ether oxygens (including phenoxy) is 1. The van der Waals surface area contributed by atoms with Crippen LogP contribution in [-0.4, -0.2) is 38.6 Å². The highest BCUT2D eigenvalue weighted by Gasteiger charge is 2.44. The van der Waals surface area contributed by atoms with E-state index < -0.39 is 24.2 Å². The Kier molecular flexibility index (Phi) is 4.77. The van der Waals surface area contributed by atoms with Crippen molar-refractivity contribution in [2.24, 2.45) is 0 Å². The maximum atomic E-state index is 13.0. The zero-order valence-corrected chi connectivity index (χ0v) is 11.7. The fraction of sp³-hybridized carbons (Fsp3) is 0.333. The zero-order chi connectivity index (χ0) is 17.0. The summed E-state index contributed by atoms with van der Waals surface area (Å²) < 4.78 is 54.4. The van der Waals surface area contributed by atoms with E-state index in [0.29, 0.717) is 6.54 Å². The number of carbonyl (C=O) groups is 1. The Morgan fingerprint density at radius 1 is 1.39 bits per heavy atom. The van der Waals surface area contributed by atoms with Crippen LogP contribution in [0.5, 0.6) is 5.75 Å². The first-order valence-corrected chi connectivity index (χ1v) is 6.36. The Balaban J connectivity index is 2.20. The molecule has 124 valence electrons. The molecule has 0 atom stereocenters. The maximum Gasteiger partial charge on any atom is 0.461 e. The number of benzene rings is 1. The van der Waals surface area contributed by atoms with Crippen LogP contribution in [0.15, 0.2) is 24.3 Å². The predicted molar refractivity (Wildman–Crippen MR) is 69.5 cm³/mol. The van der Waals surface area contributed by atoms with E-state index in [1.54, 1.807) is 6.92 Å².